The Kier molecular flexibility index (Phi) is 1.80. The van der Waals surface area contributed by atoms with Crippen molar-refractivity contribution in [3.63, 3.8) is 0 Å². The third-order valence-corrected chi connectivity index (χ3v) is 2.71. The lowest BCUT2D eigenvalue weighted by molar-refractivity contribution is 0.494. The molecule has 2 N–H and O–H groups in total. The van der Waals surface area contributed by atoms with Crippen molar-refractivity contribution in [2.24, 2.45) is 0 Å². The van der Waals surface area contributed by atoms with E-state index in [9.17, 15) is 0 Å². The smallest absolute Gasteiger partial charge is 0.180 e. The monoisotopic (exact) mass is 215 g/mol. The average molecular weight is 215 g/mol. The fourth-order valence-corrected chi connectivity index (χ4v) is 1.88. The zero-order valence-corrected chi connectivity index (χ0v) is 9.04. The van der Waals surface area contributed by atoms with Crippen LogP contribution in [0.2, 0.25) is 0 Å². The minimum Gasteiger partial charge on any atom is -0.394 e. The second-order valence-electron chi connectivity index (χ2n) is 3.93. The number of aromatic nitrogens is 2. The summed E-state index contributed by atoms with van der Waals surface area (Å²) >= 11 is 0. The van der Waals surface area contributed by atoms with Gasteiger partial charge in [0.1, 0.15) is 5.69 Å². The second-order valence-corrected chi connectivity index (χ2v) is 3.93. The van der Waals surface area contributed by atoms with Crippen LogP contribution in [-0.4, -0.2) is 28.2 Å². The number of nitrogens with two attached hydrogens (primary N) is 1. The third-order valence-electron chi connectivity index (χ3n) is 2.71. The van der Waals surface area contributed by atoms with Gasteiger partial charge in [-0.3, -0.25) is 0 Å². The van der Waals surface area contributed by atoms with E-state index in [1.807, 2.05) is 48.7 Å². The van der Waals surface area contributed by atoms with Gasteiger partial charge in [0, 0.05) is 25.6 Å². The van der Waals surface area contributed by atoms with Crippen molar-refractivity contribution in [3.8, 4) is 0 Å². The van der Waals surface area contributed by atoms with Crippen LogP contribution in [0.5, 0.6) is 0 Å². The summed E-state index contributed by atoms with van der Waals surface area (Å²) < 4.78 is 1.80. The summed E-state index contributed by atoms with van der Waals surface area (Å²) in [5, 5.41) is 4.47. The van der Waals surface area contributed by atoms with Crippen molar-refractivity contribution in [3.05, 3.63) is 36.8 Å². The molecule has 0 atom stereocenters. The van der Waals surface area contributed by atoms with Gasteiger partial charge in [0.15, 0.2) is 5.82 Å². The van der Waals surface area contributed by atoms with Gasteiger partial charge < -0.3 is 15.5 Å². The molecule has 3 heterocycles. The van der Waals surface area contributed by atoms with Crippen LogP contribution in [0.15, 0.2) is 36.8 Å². The Morgan fingerprint density at radius 1 is 1.31 bits per heavy atom. The fourth-order valence-electron chi connectivity index (χ4n) is 1.88. The first kappa shape index (κ1) is 9.08. The summed E-state index contributed by atoms with van der Waals surface area (Å²) in [5.41, 5.74) is 7.75. The maximum Gasteiger partial charge on any atom is 0.180 e. The lowest BCUT2D eigenvalue weighted by atomic mass is 10.3. The molecule has 1 aliphatic rings. The van der Waals surface area contributed by atoms with E-state index < -0.39 is 0 Å². The van der Waals surface area contributed by atoms with E-state index in [2.05, 4.69) is 10.00 Å². The van der Waals surface area contributed by atoms with Crippen molar-refractivity contribution in [1.82, 2.24) is 14.5 Å². The molecular formula is C11H13N5. The minimum atomic E-state index is 0.723. The Morgan fingerprint density at radius 2 is 2.19 bits per heavy atom. The molecular weight excluding hydrogens is 202 g/mol. The Hall–Kier alpha value is -2.17. The van der Waals surface area contributed by atoms with Gasteiger partial charge >= 0.3 is 0 Å². The molecule has 0 unspecified atom stereocenters. The van der Waals surface area contributed by atoms with Gasteiger partial charge in [-0.1, -0.05) is 6.07 Å². The van der Waals surface area contributed by atoms with Crippen LogP contribution in [0.4, 0.5) is 11.5 Å². The van der Waals surface area contributed by atoms with Crippen LogP contribution < -0.4 is 10.6 Å². The standard InChI is InChI=1S/C11H13N5/c1-14-6-7-15(8-14)11-10(12)9-4-2-3-5-16(9)13-11/h2-7H,8,12H2,1H3. The van der Waals surface area contributed by atoms with Crippen molar-refractivity contribution in [2.45, 2.75) is 0 Å². The number of anilines is 2. The highest BCUT2D eigenvalue weighted by atomic mass is 15.4. The Labute approximate surface area is 93.4 Å². The van der Waals surface area contributed by atoms with Gasteiger partial charge in [-0.05, 0) is 12.1 Å². The van der Waals surface area contributed by atoms with E-state index in [1.54, 1.807) is 4.52 Å². The Balaban J connectivity index is 2.11. The Morgan fingerprint density at radius 3 is 2.88 bits per heavy atom. The first-order valence-electron chi connectivity index (χ1n) is 5.14. The molecule has 16 heavy (non-hydrogen) atoms. The highest BCUT2D eigenvalue weighted by Crippen LogP contribution is 2.28. The SMILES string of the molecule is CN1C=CN(c2nn3ccccc3c2N)C1. The maximum atomic E-state index is 6.09. The van der Waals surface area contributed by atoms with Gasteiger partial charge in [0.25, 0.3) is 0 Å². The van der Waals surface area contributed by atoms with E-state index >= 15 is 0 Å². The molecule has 5 nitrogen and oxygen atoms in total. The van der Waals surface area contributed by atoms with Gasteiger partial charge in [-0.15, -0.1) is 5.10 Å². The van der Waals surface area contributed by atoms with E-state index in [0.29, 0.717) is 0 Å². The molecule has 0 fully saturated rings. The number of pyridine rings is 1. The normalized spacial score (nSPS) is 15.3. The molecule has 0 aromatic carbocycles. The predicted molar refractivity (Wildman–Crippen MR) is 63.9 cm³/mol. The average Bonchev–Trinajstić information content (AvgIpc) is 2.84. The molecule has 0 amide bonds. The largest absolute Gasteiger partial charge is 0.394 e. The molecule has 3 rings (SSSR count). The highest BCUT2D eigenvalue weighted by molar-refractivity contribution is 5.82. The van der Waals surface area contributed by atoms with Crippen molar-refractivity contribution in [2.75, 3.05) is 24.3 Å². The zero-order chi connectivity index (χ0) is 11.1. The number of hydrogen-bond acceptors (Lipinski definition) is 4. The summed E-state index contributed by atoms with van der Waals surface area (Å²) in [6, 6.07) is 5.87. The van der Waals surface area contributed by atoms with Gasteiger partial charge in [0.05, 0.1) is 12.2 Å². The van der Waals surface area contributed by atoms with Crippen molar-refractivity contribution >= 4 is 17.0 Å². The van der Waals surface area contributed by atoms with Crippen LogP contribution in [0.1, 0.15) is 0 Å². The molecule has 2 aromatic heterocycles. The summed E-state index contributed by atoms with van der Waals surface area (Å²) in [5.74, 6) is 0.812. The van der Waals surface area contributed by atoms with Crippen LogP contribution in [-0.2, 0) is 0 Å². The molecule has 1 aliphatic heterocycles. The summed E-state index contributed by atoms with van der Waals surface area (Å²) in [6.45, 7) is 0.786. The van der Waals surface area contributed by atoms with E-state index in [0.717, 1.165) is 23.7 Å². The minimum absolute atomic E-state index is 0.723. The summed E-state index contributed by atoms with van der Waals surface area (Å²) in [6.07, 6.45) is 5.89. The zero-order valence-electron chi connectivity index (χ0n) is 9.04. The molecule has 0 saturated heterocycles. The van der Waals surface area contributed by atoms with Crippen LogP contribution >= 0.6 is 0 Å². The van der Waals surface area contributed by atoms with Gasteiger partial charge in [-0.25, -0.2) is 4.52 Å². The molecule has 0 aliphatic carbocycles. The predicted octanol–water partition coefficient (Wildman–Crippen LogP) is 1.10. The Bertz CT molecular complexity index is 557. The molecule has 2 aromatic rings. The summed E-state index contributed by atoms with van der Waals surface area (Å²) in [7, 11) is 2.02. The lowest BCUT2D eigenvalue weighted by Gasteiger charge is -2.15. The number of nitrogens with zero attached hydrogens (tertiary/aromatic N) is 4. The third kappa shape index (κ3) is 1.21. The van der Waals surface area contributed by atoms with E-state index in [1.165, 1.54) is 0 Å². The fraction of sp³-hybridized carbons (Fsp3) is 0.182. The first-order chi connectivity index (χ1) is 7.75. The van der Waals surface area contributed by atoms with E-state index in [4.69, 9.17) is 5.73 Å². The van der Waals surface area contributed by atoms with E-state index in [-0.39, 0.29) is 0 Å². The summed E-state index contributed by atoms with van der Waals surface area (Å²) in [4.78, 5) is 4.10. The van der Waals surface area contributed by atoms with Crippen LogP contribution in [0.25, 0.3) is 5.52 Å². The number of hydrogen-bond donors (Lipinski definition) is 1. The molecule has 0 bridgehead atoms. The second kappa shape index (κ2) is 3.16. The molecule has 82 valence electrons. The van der Waals surface area contributed by atoms with Crippen LogP contribution in [0.3, 0.4) is 0 Å². The van der Waals surface area contributed by atoms with Crippen LogP contribution in [0, 0.1) is 0 Å². The molecule has 0 saturated carbocycles. The van der Waals surface area contributed by atoms with Gasteiger partial charge in [0.2, 0.25) is 0 Å². The molecule has 0 spiro atoms. The number of nitrogen functional groups attached to an aromatic ring is 1. The first-order valence-corrected chi connectivity index (χ1v) is 5.14. The maximum absolute atomic E-state index is 6.09. The highest BCUT2D eigenvalue weighted by Gasteiger charge is 2.18. The van der Waals surface area contributed by atoms with Crippen molar-refractivity contribution < 1.29 is 0 Å². The van der Waals surface area contributed by atoms with Crippen molar-refractivity contribution in [1.29, 1.82) is 0 Å². The quantitative estimate of drug-likeness (QED) is 0.773. The molecule has 5 heteroatoms. The molecule has 0 radical (unpaired) electrons. The topological polar surface area (TPSA) is 49.8 Å². The lowest BCUT2D eigenvalue weighted by Crippen LogP contribution is -2.22. The van der Waals surface area contributed by atoms with Gasteiger partial charge in [-0.2, -0.15) is 0 Å². The number of fused-ring (bicyclic) bond motifs is 1. The number of rotatable bonds is 1.